The average molecular weight is 204 g/mol. The Balaban J connectivity index is 2.03. The molecule has 2 N–H and O–H groups in total. The van der Waals surface area contributed by atoms with E-state index in [9.17, 15) is 0 Å². The Morgan fingerprint density at radius 1 is 1.27 bits per heavy atom. The van der Waals surface area contributed by atoms with Crippen LogP contribution >= 0.6 is 0 Å². The fraction of sp³-hybridized carbons (Fsp3) is 0.538. The first kappa shape index (κ1) is 10.7. The number of hydrogen-bond donors (Lipinski definition) is 1. The molecule has 1 aromatic rings. The molecule has 0 fully saturated rings. The molecule has 1 aliphatic rings. The first-order valence-electron chi connectivity index (χ1n) is 5.86. The summed E-state index contributed by atoms with van der Waals surface area (Å²) >= 11 is 0. The summed E-state index contributed by atoms with van der Waals surface area (Å²) in [5.74, 6) is 0. The van der Waals surface area contributed by atoms with Gasteiger partial charge in [-0.15, -0.1) is 0 Å². The van der Waals surface area contributed by atoms with Crippen molar-refractivity contribution >= 4 is 0 Å². The van der Waals surface area contributed by atoms with Crippen LogP contribution in [0.3, 0.4) is 0 Å². The fourth-order valence-electron chi connectivity index (χ4n) is 2.19. The molecule has 0 radical (unpaired) electrons. The quantitative estimate of drug-likeness (QED) is 0.815. The van der Waals surface area contributed by atoms with Crippen LogP contribution in [0.15, 0.2) is 18.2 Å². The second-order valence-corrected chi connectivity index (χ2v) is 4.37. The number of rotatable bonds is 4. The molecule has 0 spiro atoms. The van der Waals surface area contributed by atoms with E-state index in [2.05, 4.69) is 30.0 Å². The van der Waals surface area contributed by atoms with Crippen molar-refractivity contribution in [2.24, 2.45) is 5.73 Å². The normalized spacial score (nSPS) is 15.6. The van der Waals surface area contributed by atoms with Crippen LogP contribution in [0.25, 0.3) is 0 Å². The van der Waals surface area contributed by atoms with Crippen LogP contribution in [0.1, 0.15) is 36.5 Å². The molecule has 82 valence electrons. The number of hydrogen-bond acceptors (Lipinski definition) is 2. The van der Waals surface area contributed by atoms with Crippen LogP contribution in [0.5, 0.6) is 0 Å². The molecular weight excluding hydrogens is 184 g/mol. The Kier molecular flexibility index (Phi) is 3.39. The number of nitrogens with zero attached hydrogens (tertiary/aromatic N) is 1. The van der Waals surface area contributed by atoms with Gasteiger partial charge in [-0.25, -0.2) is 0 Å². The Bertz CT molecular complexity index is 333. The van der Waals surface area contributed by atoms with Gasteiger partial charge in [-0.05, 0) is 29.7 Å². The SMILES string of the molecule is CCCCN1Cc2ccc(CN)cc2C1. The predicted octanol–water partition coefficient (Wildman–Crippen LogP) is 2.26. The van der Waals surface area contributed by atoms with Gasteiger partial charge in [-0.2, -0.15) is 0 Å². The summed E-state index contributed by atoms with van der Waals surface area (Å²) in [5.41, 5.74) is 9.87. The molecule has 2 rings (SSSR count). The van der Waals surface area contributed by atoms with Crippen molar-refractivity contribution in [2.45, 2.75) is 39.4 Å². The lowest BCUT2D eigenvalue weighted by molar-refractivity contribution is 0.279. The highest BCUT2D eigenvalue weighted by molar-refractivity contribution is 5.34. The van der Waals surface area contributed by atoms with E-state index in [1.807, 2.05) is 0 Å². The number of benzene rings is 1. The second kappa shape index (κ2) is 4.77. The van der Waals surface area contributed by atoms with E-state index in [4.69, 9.17) is 5.73 Å². The summed E-state index contributed by atoms with van der Waals surface area (Å²) < 4.78 is 0. The van der Waals surface area contributed by atoms with Crippen molar-refractivity contribution < 1.29 is 0 Å². The summed E-state index contributed by atoms with van der Waals surface area (Å²) in [6.45, 7) is 6.37. The van der Waals surface area contributed by atoms with Crippen molar-refractivity contribution in [3.05, 3.63) is 34.9 Å². The Morgan fingerprint density at radius 2 is 2.07 bits per heavy atom. The topological polar surface area (TPSA) is 29.3 Å². The van der Waals surface area contributed by atoms with Gasteiger partial charge >= 0.3 is 0 Å². The first-order valence-corrected chi connectivity index (χ1v) is 5.86. The standard InChI is InChI=1S/C13H20N2/c1-2-3-6-15-9-12-5-4-11(8-14)7-13(12)10-15/h4-5,7H,2-3,6,8-10,14H2,1H3. The zero-order valence-electron chi connectivity index (χ0n) is 9.50. The third kappa shape index (κ3) is 2.39. The largest absolute Gasteiger partial charge is 0.326 e. The van der Waals surface area contributed by atoms with Crippen LogP contribution in [0, 0.1) is 0 Å². The molecule has 2 nitrogen and oxygen atoms in total. The van der Waals surface area contributed by atoms with Crippen LogP contribution in [-0.4, -0.2) is 11.4 Å². The molecule has 0 bridgehead atoms. The Labute approximate surface area is 92.1 Å². The van der Waals surface area contributed by atoms with E-state index in [1.54, 1.807) is 0 Å². The third-order valence-corrected chi connectivity index (χ3v) is 3.12. The minimum Gasteiger partial charge on any atom is -0.326 e. The van der Waals surface area contributed by atoms with Crippen molar-refractivity contribution in [1.29, 1.82) is 0 Å². The molecule has 0 aromatic heterocycles. The maximum absolute atomic E-state index is 5.65. The monoisotopic (exact) mass is 204 g/mol. The lowest BCUT2D eigenvalue weighted by Crippen LogP contribution is -2.17. The molecule has 1 aromatic carbocycles. The van der Waals surface area contributed by atoms with Crippen molar-refractivity contribution in [3.63, 3.8) is 0 Å². The highest BCUT2D eigenvalue weighted by atomic mass is 15.1. The average Bonchev–Trinajstić information content (AvgIpc) is 2.67. The van der Waals surface area contributed by atoms with E-state index in [0.29, 0.717) is 6.54 Å². The second-order valence-electron chi connectivity index (χ2n) is 4.37. The summed E-state index contributed by atoms with van der Waals surface area (Å²) in [4.78, 5) is 2.52. The number of unbranched alkanes of at least 4 members (excludes halogenated alkanes) is 1. The predicted molar refractivity (Wildman–Crippen MR) is 63.4 cm³/mol. The maximum atomic E-state index is 5.65. The molecular formula is C13H20N2. The zero-order chi connectivity index (χ0) is 10.7. The minimum absolute atomic E-state index is 0.655. The lowest BCUT2D eigenvalue weighted by Gasteiger charge is -2.13. The van der Waals surface area contributed by atoms with Crippen LogP contribution in [0.2, 0.25) is 0 Å². The summed E-state index contributed by atoms with van der Waals surface area (Å²) in [6, 6.07) is 6.66. The van der Waals surface area contributed by atoms with E-state index in [-0.39, 0.29) is 0 Å². The summed E-state index contributed by atoms with van der Waals surface area (Å²) in [5, 5.41) is 0. The van der Waals surface area contributed by atoms with Gasteiger partial charge in [0.05, 0.1) is 0 Å². The van der Waals surface area contributed by atoms with Gasteiger partial charge in [0.2, 0.25) is 0 Å². The molecule has 1 heterocycles. The molecule has 2 heteroatoms. The van der Waals surface area contributed by atoms with Crippen LogP contribution in [0.4, 0.5) is 0 Å². The summed E-state index contributed by atoms with van der Waals surface area (Å²) in [6.07, 6.45) is 2.58. The van der Waals surface area contributed by atoms with Gasteiger partial charge in [0, 0.05) is 19.6 Å². The molecule has 0 aliphatic carbocycles. The molecule has 1 aliphatic heterocycles. The lowest BCUT2D eigenvalue weighted by atomic mass is 10.1. The third-order valence-electron chi connectivity index (χ3n) is 3.12. The van der Waals surface area contributed by atoms with Gasteiger partial charge in [0.15, 0.2) is 0 Å². The molecule has 0 saturated carbocycles. The van der Waals surface area contributed by atoms with Crippen molar-refractivity contribution in [1.82, 2.24) is 4.90 Å². The van der Waals surface area contributed by atoms with Gasteiger partial charge in [0.25, 0.3) is 0 Å². The molecule has 0 amide bonds. The fourth-order valence-corrected chi connectivity index (χ4v) is 2.19. The maximum Gasteiger partial charge on any atom is 0.0240 e. The van der Waals surface area contributed by atoms with Gasteiger partial charge in [-0.3, -0.25) is 4.90 Å². The van der Waals surface area contributed by atoms with Gasteiger partial charge in [-0.1, -0.05) is 31.5 Å². The molecule has 0 atom stereocenters. The first-order chi connectivity index (χ1) is 7.33. The molecule has 15 heavy (non-hydrogen) atoms. The summed E-state index contributed by atoms with van der Waals surface area (Å²) in [7, 11) is 0. The highest BCUT2D eigenvalue weighted by Crippen LogP contribution is 2.23. The molecule has 0 saturated heterocycles. The zero-order valence-corrected chi connectivity index (χ0v) is 9.50. The van der Waals surface area contributed by atoms with Gasteiger partial charge in [0.1, 0.15) is 0 Å². The molecule has 0 unspecified atom stereocenters. The van der Waals surface area contributed by atoms with Crippen LogP contribution < -0.4 is 5.73 Å². The van der Waals surface area contributed by atoms with E-state index in [0.717, 1.165) is 13.1 Å². The van der Waals surface area contributed by atoms with Crippen molar-refractivity contribution in [3.8, 4) is 0 Å². The van der Waals surface area contributed by atoms with E-state index < -0.39 is 0 Å². The number of nitrogens with two attached hydrogens (primary N) is 1. The van der Waals surface area contributed by atoms with Crippen molar-refractivity contribution in [2.75, 3.05) is 6.54 Å². The van der Waals surface area contributed by atoms with Gasteiger partial charge < -0.3 is 5.73 Å². The smallest absolute Gasteiger partial charge is 0.0240 e. The number of fused-ring (bicyclic) bond motifs is 1. The minimum atomic E-state index is 0.655. The van der Waals surface area contributed by atoms with Crippen LogP contribution in [-0.2, 0) is 19.6 Å². The highest BCUT2D eigenvalue weighted by Gasteiger charge is 2.17. The van der Waals surface area contributed by atoms with E-state index >= 15 is 0 Å². The Morgan fingerprint density at radius 3 is 2.80 bits per heavy atom. The Hall–Kier alpha value is -0.860. The van der Waals surface area contributed by atoms with E-state index in [1.165, 1.54) is 36.1 Å².